The van der Waals surface area contributed by atoms with Gasteiger partial charge in [0.2, 0.25) is 0 Å². The number of esters is 2. The molecule has 1 aromatic heterocycles. The van der Waals surface area contributed by atoms with E-state index < -0.39 is 42.2 Å². The smallest absolute Gasteiger partial charge is 0.339 e. The first-order valence-corrected chi connectivity index (χ1v) is 20.2. The largest absolute Gasteiger partial charge is 0.483 e. The minimum absolute atomic E-state index is 0.0659. The molecule has 3 atom stereocenters. The van der Waals surface area contributed by atoms with E-state index in [1.165, 1.54) is 16.7 Å². The Morgan fingerprint density at radius 2 is 1.53 bits per heavy atom. The first-order valence-electron chi connectivity index (χ1n) is 20.2. The Hall–Kier alpha value is -5.51. The number of aliphatic hydroxyl groups is 1. The van der Waals surface area contributed by atoms with E-state index in [1.54, 1.807) is 32.0 Å². The van der Waals surface area contributed by atoms with Gasteiger partial charge in [0, 0.05) is 29.4 Å². The number of aryl methyl sites for hydroxylation is 2. The highest BCUT2D eigenvalue weighted by Gasteiger charge is 2.50. The lowest BCUT2D eigenvalue weighted by Crippen LogP contribution is -2.52. The summed E-state index contributed by atoms with van der Waals surface area (Å²) in [5.41, 5.74) is 6.44. The van der Waals surface area contributed by atoms with Gasteiger partial charge in [-0.2, -0.15) is 0 Å². The molecular formula is C49H52O9. The van der Waals surface area contributed by atoms with Crippen LogP contribution in [0.15, 0.2) is 117 Å². The zero-order valence-electron chi connectivity index (χ0n) is 33.8. The normalized spacial score (nSPS) is 19.5. The Morgan fingerprint density at radius 1 is 0.793 bits per heavy atom. The molecule has 302 valence electrons. The maximum Gasteiger partial charge on any atom is 0.339 e. The maximum atomic E-state index is 14.4. The van der Waals surface area contributed by atoms with E-state index in [0.717, 1.165) is 36.0 Å². The second-order valence-electron chi connectivity index (χ2n) is 16.3. The van der Waals surface area contributed by atoms with Gasteiger partial charge in [-0.1, -0.05) is 84.4 Å². The number of benzene rings is 4. The molecule has 5 aromatic rings. The number of ether oxygens (including phenoxy) is 4. The van der Waals surface area contributed by atoms with Crippen molar-refractivity contribution in [1.29, 1.82) is 0 Å². The van der Waals surface area contributed by atoms with Gasteiger partial charge in [0.25, 0.3) is 0 Å². The minimum Gasteiger partial charge on any atom is -0.483 e. The first kappa shape index (κ1) is 40.7. The quantitative estimate of drug-likeness (QED) is 0.0514. The molecular weight excluding hydrogens is 733 g/mol. The van der Waals surface area contributed by atoms with Crippen LogP contribution in [0.2, 0.25) is 0 Å². The van der Waals surface area contributed by atoms with Crippen LogP contribution >= 0.6 is 0 Å². The fraction of sp³-hybridized carbons (Fsp3) is 0.367. The van der Waals surface area contributed by atoms with Crippen molar-refractivity contribution in [2.45, 2.75) is 96.9 Å². The molecule has 0 saturated carbocycles. The lowest BCUT2D eigenvalue weighted by Gasteiger charge is -2.43. The lowest BCUT2D eigenvalue weighted by atomic mass is 9.86. The molecule has 1 N–H and O–H groups in total. The van der Waals surface area contributed by atoms with Gasteiger partial charge in [-0.25, -0.2) is 9.59 Å². The Balaban J connectivity index is 1.24. The third-order valence-electron chi connectivity index (χ3n) is 11.3. The van der Waals surface area contributed by atoms with E-state index in [1.807, 2.05) is 19.9 Å². The molecule has 4 aromatic carbocycles. The van der Waals surface area contributed by atoms with Crippen LogP contribution in [0.1, 0.15) is 92.0 Å². The molecule has 0 spiro atoms. The van der Waals surface area contributed by atoms with Crippen LogP contribution in [0.4, 0.5) is 0 Å². The molecule has 3 aliphatic rings. The van der Waals surface area contributed by atoms with Crippen LogP contribution < -0.4 is 10.4 Å². The molecule has 3 aliphatic heterocycles. The zero-order valence-corrected chi connectivity index (χ0v) is 33.8. The summed E-state index contributed by atoms with van der Waals surface area (Å²) in [6.45, 7) is 7.04. The van der Waals surface area contributed by atoms with Crippen LogP contribution in [0.25, 0.3) is 11.0 Å². The fourth-order valence-corrected chi connectivity index (χ4v) is 8.18. The number of carbonyl (C=O) groups excluding carboxylic acids is 2. The van der Waals surface area contributed by atoms with Gasteiger partial charge in [-0.05, 0) is 118 Å². The summed E-state index contributed by atoms with van der Waals surface area (Å²) in [6, 6.07) is 32.7. The summed E-state index contributed by atoms with van der Waals surface area (Å²) in [5, 5.41) is 9.66. The second-order valence-corrected chi connectivity index (χ2v) is 16.3. The molecule has 0 radical (unpaired) electrons. The molecule has 0 amide bonds. The van der Waals surface area contributed by atoms with Gasteiger partial charge in [-0.15, -0.1) is 0 Å². The lowest BCUT2D eigenvalue weighted by molar-refractivity contribution is -0.188. The van der Waals surface area contributed by atoms with E-state index >= 15 is 0 Å². The van der Waals surface area contributed by atoms with Crippen molar-refractivity contribution in [2.24, 2.45) is 5.92 Å². The molecule has 4 heterocycles. The van der Waals surface area contributed by atoms with Crippen molar-refractivity contribution in [3.63, 3.8) is 0 Å². The number of hydrogen-bond acceptors (Lipinski definition) is 9. The molecule has 0 fully saturated rings. The molecule has 2 bridgehead atoms. The van der Waals surface area contributed by atoms with Crippen molar-refractivity contribution in [3.8, 4) is 5.75 Å². The number of hydrogen-bond donors (Lipinski definition) is 1. The summed E-state index contributed by atoms with van der Waals surface area (Å²) in [7, 11) is 0. The van der Waals surface area contributed by atoms with Crippen molar-refractivity contribution < 1.29 is 38.1 Å². The van der Waals surface area contributed by atoms with Crippen LogP contribution in [0.3, 0.4) is 0 Å². The second kappa shape index (κ2) is 18.0. The Bertz CT molecular complexity index is 2330. The summed E-state index contributed by atoms with van der Waals surface area (Å²) in [4.78, 5) is 41.9. The predicted molar refractivity (Wildman–Crippen MR) is 222 cm³/mol. The number of fused-ring (bicyclic) bond motifs is 13. The fourth-order valence-electron chi connectivity index (χ4n) is 8.18. The third-order valence-corrected chi connectivity index (χ3v) is 11.3. The molecule has 58 heavy (non-hydrogen) atoms. The molecule has 8 rings (SSSR count). The standard InChI is InChI=1S/C49H52O9/c1-31(2)40-21-19-32-13-15-35(16-14-32)27-37(18-17-34-11-8-12-36(26-34)25-33-9-6-5-7-10-33)28-42(51)55-45-43-41(58-49(3,4)46(45)57-48(40)53)22-20-38-29-39(23-24-54-30-50)47(52)56-44(38)43/h5-16,20,22,26,29,37,45-46,50H,17-19,21,23-25,27-28,30H2,1-4H3/t37-,45-,46-/m0/s1. The average Bonchev–Trinajstić information content (AvgIpc) is 3.19. The Kier molecular flexibility index (Phi) is 12.6. The van der Waals surface area contributed by atoms with Gasteiger partial charge >= 0.3 is 17.6 Å². The van der Waals surface area contributed by atoms with E-state index in [-0.39, 0.29) is 30.9 Å². The predicted octanol–water partition coefficient (Wildman–Crippen LogP) is 8.72. The number of carbonyl (C=O) groups is 2. The van der Waals surface area contributed by atoms with E-state index in [9.17, 15) is 14.4 Å². The molecule has 0 unspecified atom stereocenters. The van der Waals surface area contributed by atoms with Crippen LogP contribution in [-0.4, -0.2) is 42.1 Å². The monoisotopic (exact) mass is 784 g/mol. The average molecular weight is 785 g/mol. The highest BCUT2D eigenvalue weighted by Crippen LogP contribution is 2.47. The van der Waals surface area contributed by atoms with Crippen LogP contribution in [0.5, 0.6) is 5.75 Å². The third kappa shape index (κ3) is 9.60. The maximum absolute atomic E-state index is 14.4. The summed E-state index contributed by atoms with van der Waals surface area (Å²) in [6.07, 6.45) is 2.24. The Morgan fingerprint density at radius 3 is 2.29 bits per heavy atom. The molecule has 0 aliphatic carbocycles. The van der Waals surface area contributed by atoms with Crippen molar-refractivity contribution in [2.75, 3.05) is 13.4 Å². The summed E-state index contributed by atoms with van der Waals surface area (Å²) >= 11 is 0. The van der Waals surface area contributed by atoms with Crippen molar-refractivity contribution in [3.05, 3.63) is 158 Å². The van der Waals surface area contributed by atoms with Crippen molar-refractivity contribution >= 4 is 22.9 Å². The van der Waals surface area contributed by atoms with Gasteiger partial charge in [0.05, 0.1) is 12.2 Å². The first-order chi connectivity index (χ1) is 28.0. The van der Waals surface area contributed by atoms with Crippen LogP contribution in [-0.2, 0) is 55.9 Å². The van der Waals surface area contributed by atoms with Crippen molar-refractivity contribution in [1.82, 2.24) is 0 Å². The number of aliphatic hydroxyl groups excluding tert-OH is 1. The molecule has 0 saturated heterocycles. The highest BCUT2D eigenvalue weighted by atomic mass is 16.6. The van der Waals surface area contributed by atoms with Crippen LogP contribution in [0, 0.1) is 5.92 Å². The Labute approximate surface area is 339 Å². The number of allylic oxidation sites excluding steroid dienone is 1. The molecule has 9 nitrogen and oxygen atoms in total. The minimum atomic E-state index is -1.15. The SMILES string of the molecule is CC(C)=C1CCc2ccc(cc2)C[C@H](CCc2cccc(Cc3ccccc3)c2)CC(=O)O[C@H]2c3c(ccc4cc(CCOCO)c(=O)oc34)OC(C)(C)[C@H]2OC1=O. The number of rotatable bonds is 9. The van der Waals surface area contributed by atoms with Gasteiger partial charge in [0.15, 0.2) is 12.2 Å². The highest BCUT2D eigenvalue weighted by molar-refractivity contribution is 5.90. The van der Waals surface area contributed by atoms with Gasteiger partial charge in [0.1, 0.15) is 23.7 Å². The zero-order chi connectivity index (χ0) is 40.8. The van der Waals surface area contributed by atoms with E-state index in [0.29, 0.717) is 47.1 Å². The summed E-state index contributed by atoms with van der Waals surface area (Å²) < 4.78 is 30.4. The van der Waals surface area contributed by atoms with Gasteiger partial charge < -0.3 is 28.5 Å². The van der Waals surface area contributed by atoms with Gasteiger partial charge in [-0.3, -0.25) is 4.79 Å². The molecule has 9 heteroatoms. The summed E-state index contributed by atoms with van der Waals surface area (Å²) in [5.74, 6) is -0.676. The van der Waals surface area contributed by atoms with E-state index in [4.69, 9.17) is 28.5 Å². The topological polar surface area (TPSA) is 122 Å². The van der Waals surface area contributed by atoms with E-state index in [2.05, 4.69) is 72.8 Å².